The molecule has 1 aromatic rings. The van der Waals surface area contributed by atoms with Gasteiger partial charge in [0.25, 0.3) is 5.91 Å². The fourth-order valence-electron chi connectivity index (χ4n) is 2.30. The maximum absolute atomic E-state index is 11.8. The first-order valence-electron chi connectivity index (χ1n) is 6.07. The third kappa shape index (κ3) is 3.74. The lowest BCUT2D eigenvalue weighted by Gasteiger charge is -2.27. The highest BCUT2D eigenvalue weighted by atomic mass is 32.1. The quantitative estimate of drug-likeness (QED) is 0.805. The highest BCUT2D eigenvalue weighted by Crippen LogP contribution is 2.12. The van der Waals surface area contributed by atoms with E-state index in [9.17, 15) is 4.79 Å². The molecule has 2 rings (SSSR count). The summed E-state index contributed by atoms with van der Waals surface area (Å²) in [6.07, 6.45) is 2.52. The summed E-state index contributed by atoms with van der Waals surface area (Å²) in [7, 11) is 0. The van der Waals surface area contributed by atoms with Gasteiger partial charge in [0.05, 0.1) is 13.1 Å². The van der Waals surface area contributed by atoms with Gasteiger partial charge in [0.15, 0.2) is 6.54 Å². The number of likely N-dealkylation sites (tertiary alicyclic amines) is 1. The molecule has 0 aliphatic carbocycles. The van der Waals surface area contributed by atoms with Gasteiger partial charge in [-0.15, -0.1) is 10.2 Å². The standard InChI is InChI=1S/C11H18N4OS/c1-8-4-3-5-15(6-8)7-10(16)12-11-14-13-9(2)17-11/h8H,3-7H2,1-2H3,(H,12,14,16)/p+1/t8-/m0/s1. The number of hydrogen-bond acceptors (Lipinski definition) is 4. The van der Waals surface area contributed by atoms with E-state index in [0.717, 1.165) is 24.0 Å². The van der Waals surface area contributed by atoms with Gasteiger partial charge in [0.1, 0.15) is 5.01 Å². The molecule has 1 saturated heterocycles. The minimum atomic E-state index is 0.0465. The molecule has 2 N–H and O–H groups in total. The molecule has 0 spiro atoms. The first-order chi connectivity index (χ1) is 8.13. The van der Waals surface area contributed by atoms with E-state index in [-0.39, 0.29) is 5.91 Å². The summed E-state index contributed by atoms with van der Waals surface area (Å²) in [5.74, 6) is 0.778. The molecule has 1 fully saturated rings. The molecule has 17 heavy (non-hydrogen) atoms. The highest BCUT2D eigenvalue weighted by molar-refractivity contribution is 7.15. The fourth-order valence-corrected chi connectivity index (χ4v) is 2.90. The van der Waals surface area contributed by atoms with Crippen molar-refractivity contribution < 1.29 is 9.69 Å². The Bertz CT molecular complexity index is 393. The fraction of sp³-hybridized carbons (Fsp3) is 0.727. The van der Waals surface area contributed by atoms with Gasteiger partial charge in [-0.05, 0) is 19.8 Å². The number of carbonyl (C=O) groups excluding carboxylic acids is 1. The number of nitrogens with one attached hydrogen (secondary N) is 2. The number of carbonyl (C=O) groups is 1. The van der Waals surface area contributed by atoms with E-state index in [1.807, 2.05) is 6.92 Å². The van der Waals surface area contributed by atoms with Gasteiger partial charge in [-0.25, -0.2) is 0 Å². The Labute approximate surface area is 105 Å². The Kier molecular flexibility index (Phi) is 4.06. The molecule has 0 bridgehead atoms. The van der Waals surface area contributed by atoms with Crippen molar-refractivity contribution in [2.24, 2.45) is 5.92 Å². The molecule has 0 aromatic carbocycles. The molecule has 0 radical (unpaired) electrons. The van der Waals surface area contributed by atoms with Crippen molar-refractivity contribution in [2.75, 3.05) is 25.0 Å². The molecule has 5 nitrogen and oxygen atoms in total. The van der Waals surface area contributed by atoms with Crippen LogP contribution in [0.3, 0.4) is 0 Å². The van der Waals surface area contributed by atoms with Crippen molar-refractivity contribution in [3.8, 4) is 0 Å². The van der Waals surface area contributed by atoms with Gasteiger partial charge in [-0.3, -0.25) is 10.1 Å². The molecule has 1 aromatic heterocycles. The molecule has 2 atom stereocenters. The van der Waals surface area contributed by atoms with E-state index in [1.165, 1.54) is 29.1 Å². The van der Waals surface area contributed by atoms with Crippen molar-refractivity contribution in [3.05, 3.63) is 5.01 Å². The number of anilines is 1. The normalized spacial score (nSPS) is 24.6. The van der Waals surface area contributed by atoms with Crippen LogP contribution in [0.25, 0.3) is 0 Å². The van der Waals surface area contributed by atoms with Gasteiger partial charge >= 0.3 is 0 Å². The van der Waals surface area contributed by atoms with Crippen molar-refractivity contribution in [1.82, 2.24) is 10.2 Å². The SMILES string of the molecule is Cc1nnc(NC(=O)C[NH+]2CCC[C@H](C)C2)s1. The number of aromatic nitrogens is 2. The van der Waals surface area contributed by atoms with Gasteiger partial charge in [0, 0.05) is 5.92 Å². The minimum absolute atomic E-state index is 0.0465. The average molecular weight is 255 g/mol. The molecule has 1 aliphatic heterocycles. The van der Waals surface area contributed by atoms with Gasteiger partial charge in [-0.2, -0.15) is 0 Å². The van der Waals surface area contributed by atoms with Crippen molar-refractivity contribution in [1.29, 1.82) is 0 Å². The Morgan fingerprint density at radius 1 is 1.59 bits per heavy atom. The zero-order chi connectivity index (χ0) is 12.3. The molecule has 1 aliphatic rings. The summed E-state index contributed by atoms with van der Waals surface area (Å²) < 4.78 is 0. The third-order valence-electron chi connectivity index (χ3n) is 3.05. The predicted molar refractivity (Wildman–Crippen MR) is 67.2 cm³/mol. The first kappa shape index (κ1) is 12.4. The molecule has 1 amide bonds. The Hall–Kier alpha value is -1.01. The lowest BCUT2D eigenvalue weighted by Crippen LogP contribution is -3.14. The average Bonchev–Trinajstić information content (AvgIpc) is 2.63. The summed E-state index contributed by atoms with van der Waals surface area (Å²) in [5.41, 5.74) is 0. The van der Waals surface area contributed by atoms with Crippen LogP contribution in [0, 0.1) is 12.8 Å². The second kappa shape index (κ2) is 5.55. The lowest BCUT2D eigenvalue weighted by molar-refractivity contribution is -0.900. The van der Waals surface area contributed by atoms with Gasteiger partial charge < -0.3 is 4.90 Å². The van der Waals surface area contributed by atoms with Crippen LogP contribution in [-0.2, 0) is 4.79 Å². The van der Waals surface area contributed by atoms with E-state index in [0.29, 0.717) is 11.7 Å². The number of amides is 1. The Balaban J connectivity index is 1.80. The van der Waals surface area contributed by atoms with Crippen LogP contribution in [0.1, 0.15) is 24.8 Å². The summed E-state index contributed by atoms with van der Waals surface area (Å²) >= 11 is 1.42. The summed E-state index contributed by atoms with van der Waals surface area (Å²) in [5, 5.41) is 12.1. The minimum Gasteiger partial charge on any atom is -0.327 e. The van der Waals surface area contributed by atoms with Crippen LogP contribution >= 0.6 is 11.3 Å². The number of quaternary nitrogens is 1. The largest absolute Gasteiger partial charge is 0.327 e. The summed E-state index contributed by atoms with van der Waals surface area (Å²) in [4.78, 5) is 13.2. The highest BCUT2D eigenvalue weighted by Gasteiger charge is 2.22. The van der Waals surface area contributed by atoms with Crippen LogP contribution in [0.5, 0.6) is 0 Å². The van der Waals surface area contributed by atoms with Crippen LogP contribution in [0.2, 0.25) is 0 Å². The second-order valence-electron chi connectivity index (χ2n) is 4.80. The van der Waals surface area contributed by atoms with Crippen LogP contribution in [0.4, 0.5) is 5.13 Å². The first-order valence-corrected chi connectivity index (χ1v) is 6.88. The molecular formula is C11H19N4OS+. The Morgan fingerprint density at radius 2 is 2.41 bits per heavy atom. The zero-order valence-electron chi connectivity index (χ0n) is 10.3. The topological polar surface area (TPSA) is 59.3 Å². The van der Waals surface area contributed by atoms with Crippen LogP contribution < -0.4 is 10.2 Å². The van der Waals surface area contributed by atoms with Crippen molar-refractivity contribution >= 4 is 22.4 Å². The number of rotatable bonds is 3. The van der Waals surface area contributed by atoms with Crippen LogP contribution in [0.15, 0.2) is 0 Å². The monoisotopic (exact) mass is 255 g/mol. The van der Waals surface area contributed by atoms with E-state index < -0.39 is 0 Å². The smallest absolute Gasteiger partial charge is 0.281 e. The van der Waals surface area contributed by atoms with E-state index in [4.69, 9.17) is 0 Å². The number of aryl methyl sites for hydroxylation is 1. The third-order valence-corrected chi connectivity index (χ3v) is 3.80. The van der Waals surface area contributed by atoms with Gasteiger partial charge in [-0.1, -0.05) is 18.3 Å². The van der Waals surface area contributed by atoms with E-state index in [1.54, 1.807) is 0 Å². The number of nitrogens with zero attached hydrogens (tertiary/aromatic N) is 2. The van der Waals surface area contributed by atoms with E-state index in [2.05, 4.69) is 22.4 Å². The van der Waals surface area contributed by atoms with Crippen molar-refractivity contribution in [2.45, 2.75) is 26.7 Å². The maximum atomic E-state index is 11.8. The molecule has 1 unspecified atom stereocenters. The molecule has 6 heteroatoms. The molecule has 2 heterocycles. The zero-order valence-corrected chi connectivity index (χ0v) is 11.1. The number of piperidine rings is 1. The second-order valence-corrected chi connectivity index (χ2v) is 5.98. The molecular weight excluding hydrogens is 236 g/mol. The summed E-state index contributed by atoms with van der Waals surface area (Å²) in [6.45, 7) is 6.88. The summed E-state index contributed by atoms with van der Waals surface area (Å²) in [6, 6.07) is 0. The van der Waals surface area contributed by atoms with Crippen molar-refractivity contribution in [3.63, 3.8) is 0 Å². The maximum Gasteiger partial charge on any atom is 0.281 e. The van der Waals surface area contributed by atoms with Gasteiger partial charge in [0.2, 0.25) is 5.13 Å². The molecule has 94 valence electrons. The van der Waals surface area contributed by atoms with E-state index >= 15 is 0 Å². The lowest BCUT2D eigenvalue weighted by atomic mass is 10.0. The Morgan fingerprint density at radius 3 is 3.06 bits per heavy atom. The van der Waals surface area contributed by atoms with Crippen LogP contribution in [-0.4, -0.2) is 35.7 Å². The number of hydrogen-bond donors (Lipinski definition) is 2. The predicted octanol–water partition coefficient (Wildman–Crippen LogP) is 0.0998. The molecule has 0 saturated carbocycles.